The molecule has 0 bridgehead atoms. The highest BCUT2D eigenvalue weighted by atomic mass is 16.2. The van der Waals surface area contributed by atoms with Crippen LogP contribution in [0.3, 0.4) is 0 Å². The lowest BCUT2D eigenvalue weighted by Gasteiger charge is -2.41. The molecule has 3 aliphatic rings. The van der Waals surface area contributed by atoms with Gasteiger partial charge in [0, 0.05) is 24.9 Å². The van der Waals surface area contributed by atoms with Gasteiger partial charge in [-0.3, -0.25) is 34.3 Å². The normalized spacial score (nSPS) is 22.6. The molecule has 4 amide bonds. The Morgan fingerprint density at radius 2 is 1.68 bits per heavy atom. The molecule has 2 saturated heterocycles. The van der Waals surface area contributed by atoms with Gasteiger partial charge in [-0.1, -0.05) is 42.5 Å². The van der Waals surface area contributed by atoms with E-state index < -0.39 is 23.8 Å². The van der Waals surface area contributed by atoms with E-state index in [0.29, 0.717) is 24.2 Å². The van der Waals surface area contributed by atoms with Gasteiger partial charge in [-0.15, -0.1) is 0 Å². The van der Waals surface area contributed by atoms with Crippen LogP contribution < -0.4 is 11.1 Å². The molecular formula is C26H28N4O4. The van der Waals surface area contributed by atoms with E-state index in [1.165, 1.54) is 5.56 Å². The van der Waals surface area contributed by atoms with Gasteiger partial charge >= 0.3 is 0 Å². The van der Waals surface area contributed by atoms with Gasteiger partial charge in [0.2, 0.25) is 11.8 Å². The van der Waals surface area contributed by atoms with Crippen molar-refractivity contribution in [2.45, 2.75) is 43.7 Å². The summed E-state index contributed by atoms with van der Waals surface area (Å²) in [6.45, 7) is 2.78. The van der Waals surface area contributed by atoms with Crippen molar-refractivity contribution in [2.24, 2.45) is 5.73 Å². The number of amides is 4. The fourth-order valence-electron chi connectivity index (χ4n) is 5.50. The number of benzene rings is 2. The average molecular weight is 461 g/mol. The number of rotatable bonds is 5. The van der Waals surface area contributed by atoms with Gasteiger partial charge in [0.1, 0.15) is 6.04 Å². The predicted molar refractivity (Wildman–Crippen MR) is 125 cm³/mol. The van der Waals surface area contributed by atoms with Crippen LogP contribution in [0.1, 0.15) is 57.5 Å². The van der Waals surface area contributed by atoms with E-state index in [0.717, 1.165) is 36.4 Å². The lowest BCUT2D eigenvalue weighted by molar-refractivity contribution is -0.136. The predicted octanol–water partition coefficient (Wildman–Crippen LogP) is 1.58. The molecule has 3 heterocycles. The second-order valence-electron chi connectivity index (χ2n) is 9.41. The molecule has 2 fully saturated rings. The highest BCUT2D eigenvalue weighted by Crippen LogP contribution is 2.36. The molecule has 0 saturated carbocycles. The number of nitrogens with zero attached hydrogens (tertiary/aromatic N) is 2. The first-order valence-electron chi connectivity index (χ1n) is 11.7. The van der Waals surface area contributed by atoms with E-state index in [1.807, 2.05) is 24.3 Å². The highest BCUT2D eigenvalue weighted by Gasteiger charge is 2.45. The summed E-state index contributed by atoms with van der Waals surface area (Å²) in [5, 5.41) is 2.24. The van der Waals surface area contributed by atoms with Crippen LogP contribution in [0.25, 0.3) is 0 Å². The van der Waals surface area contributed by atoms with Gasteiger partial charge < -0.3 is 5.73 Å². The summed E-state index contributed by atoms with van der Waals surface area (Å²) in [6, 6.07) is 14.7. The number of imide groups is 2. The third-order valence-electron chi connectivity index (χ3n) is 7.54. The molecule has 0 aromatic heterocycles. The lowest BCUT2D eigenvalue weighted by Crippen LogP contribution is -2.54. The van der Waals surface area contributed by atoms with Crippen LogP contribution in [0.2, 0.25) is 0 Å². The van der Waals surface area contributed by atoms with Crippen LogP contribution in [0.15, 0.2) is 48.5 Å². The number of piperidine rings is 2. The van der Waals surface area contributed by atoms with Crippen molar-refractivity contribution in [3.8, 4) is 0 Å². The van der Waals surface area contributed by atoms with E-state index in [2.05, 4.69) is 22.3 Å². The van der Waals surface area contributed by atoms with Gasteiger partial charge in [-0.25, -0.2) is 0 Å². The zero-order chi connectivity index (χ0) is 23.9. The van der Waals surface area contributed by atoms with Crippen molar-refractivity contribution in [1.82, 2.24) is 15.1 Å². The van der Waals surface area contributed by atoms with Gasteiger partial charge in [0.15, 0.2) is 0 Å². The summed E-state index contributed by atoms with van der Waals surface area (Å²) in [6.07, 6.45) is 2.09. The van der Waals surface area contributed by atoms with Crippen molar-refractivity contribution >= 4 is 23.6 Å². The molecule has 34 heavy (non-hydrogen) atoms. The number of nitrogens with one attached hydrogen (secondary N) is 1. The summed E-state index contributed by atoms with van der Waals surface area (Å²) >= 11 is 0. The summed E-state index contributed by atoms with van der Waals surface area (Å²) < 4.78 is 0. The molecule has 5 rings (SSSR count). The molecule has 2 aromatic rings. The Labute approximate surface area is 198 Å². The largest absolute Gasteiger partial charge is 0.330 e. The quantitative estimate of drug-likeness (QED) is 0.655. The van der Waals surface area contributed by atoms with E-state index >= 15 is 0 Å². The first-order valence-corrected chi connectivity index (χ1v) is 11.7. The second kappa shape index (κ2) is 8.77. The third-order valence-corrected chi connectivity index (χ3v) is 7.54. The molecule has 8 nitrogen and oxygen atoms in total. The van der Waals surface area contributed by atoms with Crippen LogP contribution in [0.4, 0.5) is 0 Å². The van der Waals surface area contributed by atoms with Crippen molar-refractivity contribution in [1.29, 1.82) is 0 Å². The van der Waals surface area contributed by atoms with Crippen molar-refractivity contribution in [2.75, 3.05) is 19.6 Å². The minimum atomic E-state index is -0.955. The second-order valence-corrected chi connectivity index (χ2v) is 9.41. The number of fused-ring (bicyclic) bond motifs is 1. The molecule has 0 radical (unpaired) electrons. The number of carbonyl (C=O) groups excluding carboxylic acids is 4. The lowest BCUT2D eigenvalue weighted by atomic mass is 9.73. The Morgan fingerprint density at radius 1 is 0.941 bits per heavy atom. The van der Waals surface area contributed by atoms with E-state index in [4.69, 9.17) is 5.73 Å². The Kier molecular flexibility index (Phi) is 5.79. The Bertz CT molecular complexity index is 1150. The van der Waals surface area contributed by atoms with Gasteiger partial charge in [-0.05, 0) is 49.5 Å². The molecule has 1 unspecified atom stereocenters. The zero-order valence-corrected chi connectivity index (χ0v) is 19.0. The number of hydrogen-bond acceptors (Lipinski definition) is 6. The third kappa shape index (κ3) is 3.73. The molecule has 8 heteroatoms. The molecular weight excluding hydrogens is 432 g/mol. The van der Waals surface area contributed by atoms with Crippen LogP contribution in [0, 0.1) is 0 Å². The maximum absolute atomic E-state index is 13.3. The SMILES string of the molecule is NCC1(c2ccccc2)CCN(Cc2cccc3c2C(=O)N(C2CCC(=O)NC2=O)C3=O)CC1. The van der Waals surface area contributed by atoms with Crippen molar-refractivity contribution in [3.63, 3.8) is 0 Å². The Hall–Kier alpha value is -3.36. The Morgan fingerprint density at radius 3 is 2.35 bits per heavy atom. The number of nitrogens with two attached hydrogens (primary N) is 1. The molecule has 2 aromatic carbocycles. The van der Waals surface area contributed by atoms with Gasteiger partial charge in [0.05, 0.1) is 11.1 Å². The van der Waals surface area contributed by atoms with Crippen LogP contribution in [-0.4, -0.2) is 59.1 Å². The summed E-state index contributed by atoms with van der Waals surface area (Å²) in [5.74, 6) is -1.90. The van der Waals surface area contributed by atoms with Crippen molar-refractivity contribution < 1.29 is 19.2 Å². The average Bonchev–Trinajstić information content (AvgIpc) is 3.11. The van der Waals surface area contributed by atoms with Gasteiger partial charge in [-0.2, -0.15) is 0 Å². The first-order chi connectivity index (χ1) is 16.4. The summed E-state index contributed by atoms with van der Waals surface area (Å²) in [7, 11) is 0. The highest BCUT2D eigenvalue weighted by molar-refractivity contribution is 6.24. The van der Waals surface area contributed by atoms with Crippen molar-refractivity contribution in [3.05, 3.63) is 70.8 Å². The van der Waals surface area contributed by atoms with E-state index in [9.17, 15) is 19.2 Å². The molecule has 0 spiro atoms. The fourth-order valence-corrected chi connectivity index (χ4v) is 5.50. The molecule has 3 aliphatic heterocycles. The number of hydrogen-bond donors (Lipinski definition) is 2. The number of likely N-dealkylation sites (tertiary alicyclic amines) is 1. The molecule has 3 N–H and O–H groups in total. The molecule has 176 valence electrons. The fraction of sp³-hybridized carbons (Fsp3) is 0.385. The zero-order valence-electron chi connectivity index (χ0n) is 19.0. The smallest absolute Gasteiger partial charge is 0.262 e. The monoisotopic (exact) mass is 460 g/mol. The minimum absolute atomic E-state index is 0.0508. The Balaban J connectivity index is 1.34. The summed E-state index contributed by atoms with van der Waals surface area (Å²) in [5.41, 5.74) is 8.91. The maximum Gasteiger partial charge on any atom is 0.262 e. The molecule has 0 aliphatic carbocycles. The standard InChI is InChI=1S/C26H28N4O4/c27-16-26(18-6-2-1-3-7-18)11-13-29(14-12-26)15-17-5-4-8-19-22(17)25(34)30(24(19)33)20-9-10-21(31)28-23(20)32/h1-8,20H,9-16,27H2,(H,28,31,32). The maximum atomic E-state index is 13.3. The van der Waals surface area contributed by atoms with E-state index in [1.54, 1.807) is 12.1 Å². The van der Waals surface area contributed by atoms with Crippen LogP contribution in [-0.2, 0) is 21.5 Å². The minimum Gasteiger partial charge on any atom is -0.330 e. The van der Waals surface area contributed by atoms with Crippen LogP contribution >= 0.6 is 0 Å². The molecule has 1 atom stereocenters. The topological polar surface area (TPSA) is 113 Å². The van der Waals surface area contributed by atoms with Gasteiger partial charge in [0.25, 0.3) is 11.8 Å². The van der Waals surface area contributed by atoms with E-state index in [-0.39, 0.29) is 24.2 Å². The first kappa shape index (κ1) is 22.4. The number of carbonyl (C=O) groups is 4. The summed E-state index contributed by atoms with van der Waals surface area (Å²) in [4.78, 5) is 53.6. The van der Waals surface area contributed by atoms with Crippen LogP contribution in [0.5, 0.6) is 0 Å².